The molecule has 2 heterocycles. The van der Waals surface area contributed by atoms with Gasteiger partial charge in [0.05, 0.1) is 6.26 Å². The van der Waals surface area contributed by atoms with E-state index in [9.17, 15) is 19.5 Å². The lowest BCUT2D eigenvalue weighted by Gasteiger charge is -2.14. The number of unbranched alkanes of at least 4 members (excludes halogenated alkanes) is 1. The van der Waals surface area contributed by atoms with Gasteiger partial charge in [0.25, 0.3) is 0 Å². The maximum absolute atomic E-state index is 12.6. The first-order chi connectivity index (χ1) is 14.2. The zero-order valence-electron chi connectivity index (χ0n) is 17.8. The Labute approximate surface area is 174 Å². The van der Waals surface area contributed by atoms with Gasteiger partial charge in [-0.25, -0.2) is 9.59 Å². The molecule has 1 amide bonds. The van der Waals surface area contributed by atoms with Gasteiger partial charge in [-0.15, -0.1) is 0 Å². The minimum atomic E-state index is -1.05. The third-order valence-corrected chi connectivity index (χ3v) is 5.62. The summed E-state index contributed by atoms with van der Waals surface area (Å²) < 4.78 is 11.2. The van der Waals surface area contributed by atoms with E-state index in [-0.39, 0.29) is 12.8 Å². The highest BCUT2D eigenvalue weighted by Crippen LogP contribution is 2.32. The lowest BCUT2D eigenvalue weighted by Crippen LogP contribution is -2.40. The van der Waals surface area contributed by atoms with E-state index in [4.69, 9.17) is 8.83 Å². The molecule has 0 spiro atoms. The van der Waals surface area contributed by atoms with Crippen molar-refractivity contribution in [2.45, 2.75) is 65.8 Å². The zero-order chi connectivity index (χ0) is 22.0. The largest absolute Gasteiger partial charge is 0.480 e. The molecule has 160 valence electrons. The molecule has 0 fully saturated rings. The van der Waals surface area contributed by atoms with Crippen molar-refractivity contribution >= 4 is 33.8 Å². The summed E-state index contributed by atoms with van der Waals surface area (Å²) in [4.78, 5) is 36.2. The molecule has 30 heavy (non-hydrogen) atoms. The monoisotopic (exact) mass is 413 g/mol. The maximum Gasteiger partial charge on any atom is 0.339 e. The third-order valence-electron chi connectivity index (χ3n) is 5.62. The number of hydrogen-bond donors (Lipinski definition) is 2. The molecule has 7 heteroatoms. The Kier molecular flexibility index (Phi) is 6.29. The van der Waals surface area contributed by atoms with Crippen molar-refractivity contribution in [3.05, 3.63) is 45.0 Å². The van der Waals surface area contributed by atoms with Crippen LogP contribution < -0.4 is 10.9 Å². The number of carbonyl (C=O) groups excluding carboxylic acids is 1. The van der Waals surface area contributed by atoms with Crippen LogP contribution in [0.5, 0.6) is 0 Å². The van der Waals surface area contributed by atoms with Crippen molar-refractivity contribution in [3.63, 3.8) is 0 Å². The van der Waals surface area contributed by atoms with Gasteiger partial charge in [0.2, 0.25) is 5.91 Å². The van der Waals surface area contributed by atoms with Crippen LogP contribution in [0.2, 0.25) is 0 Å². The second kappa shape index (κ2) is 8.73. The van der Waals surface area contributed by atoms with Gasteiger partial charge < -0.3 is 19.3 Å². The van der Waals surface area contributed by atoms with Crippen molar-refractivity contribution < 1.29 is 23.5 Å². The summed E-state index contributed by atoms with van der Waals surface area (Å²) in [5, 5.41) is 13.6. The van der Waals surface area contributed by atoms with E-state index in [1.54, 1.807) is 6.26 Å². The molecule has 0 aliphatic heterocycles. The van der Waals surface area contributed by atoms with Gasteiger partial charge >= 0.3 is 11.6 Å². The summed E-state index contributed by atoms with van der Waals surface area (Å²) in [5.41, 5.74) is 3.64. The second-order valence-corrected chi connectivity index (χ2v) is 7.77. The summed E-state index contributed by atoms with van der Waals surface area (Å²) in [6, 6.07) is 1.04. The summed E-state index contributed by atoms with van der Waals surface area (Å²) >= 11 is 0. The van der Waals surface area contributed by atoms with Crippen LogP contribution >= 0.6 is 0 Å². The molecular formula is C23H27NO6. The predicted molar refractivity (Wildman–Crippen MR) is 114 cm³/mol. The lowest BCUT2D eigenvalue weighted by molar-refractivity contribution is -0.142. The molecule has 1 aromatic carbocycles. The Morgan fingerprint density at radius 1 is 1.13 bits per heavy atom. The Hall–Kier alpha value is -3.09. The average molecular weight is 413 g/mol. The minimum Gasteiger partial charge on any atom is -0.480 e. The minimum absolute atomic E-state index is 0.0129. The molecule has 0 aliphatic carbocycles. The van der Waals surface area contributed by atoms with Crippen LogP contribution in [-0.2, 0) is 16.0 Å². The van der Waals surface area contributed by atoms with Crippen LogP contribution in [0.3, 0.4) is 0 Å². The number of carboxylic acid groups (broad SMARTS) is 1. The molecular weight excluding hydrogens is 386 g/mol. The smallest absolute Gasteiger partial charge is 0.339 e. The molecule has 2 aromatic heterocycles. The SMILES string of the molecule is CCCCC(NC(=O)CCc1c(C)c2cc3c(C)coc3c(C)c2oc1=O)C(=O)O. The van der Waals surface area contributed by atoms with E-state index < -0.39 is 23.5 Å². The zero-order valence-corrected chi connectivity index (χ0v) is 17.8. The molecule has 1 unspecified atom stereocenters. The molecule has 0 saturated carbocycles. The predicted octanol–water partition coefficient (Wildman–Crippen LogP) is 4.16. The van der Waals surface area contributed by atoms with Crippen LogP contribution in [0.25, 0.3) is 21.9 Å². The number of carbonyl (C=O) groups is 2. The van der Waals surface area contributed by atoms with Crippen LogP contribution in [0.1, 0.15) is 54.9 Å². The van der Waals surface area contributed by atoms with Gasteiger partial charge in [-0.05, 0) is 50.8 Å². The van der Waals surface area contributed by atoms with Crippen molar-refractivity contribution in [1.29, 1.82) is 0 Å². The number of hydrogen-bond acceptors (Lipinski definition) is 5. The third kappa shape index (κ3) is 4.10. The first-order valence-electron chi connectivity index (χ1n) is 10.2. The Bertz CT molecular complexity index is 1170. The summed E-state index contributed by atoms with van der Waals surface area (Å²) in [6.07, 6.45) is 3.81. The highest BCUT2D eigenvalue weighted by molar-refractivity contribution is 5.99. The molecule has 0 bridgehead atoms. The quantitative estimate of drug-likeness (QED) is 0.537. The summed E-state index contributed by atoms with van der Waals surface area (Å²) in [6.45, 7) is 7.61. The van der Waals surface area contributed by atoms with Crippen molar-refractivity contribution in [3.8, 4) is 0 Å². The number of fused-ring (bicyclic) bond motifs is 2. The molecule has 0 saturated heterocycles. The number of benzene rings is 1. The topological polar surface area (TPSA) is 110 Å². The second-order valence-electron chi connectivity index (χ2n) is 7.77. The van der Waals surface area contributed by atoms with Gasteiger partial charge in [-0.3, -0.25) is 4.79 Å². The van der Waals surface area contributed by atoms with Crippen LogP contribution in [-0.4, -0.2) is 23.0 Å². The van der Waals surface area contributed by atoms with Crippen molar-refractivity contribution in [1.82, 2.24) is 5.32 Å². The van der Waals surface area contributed by atoms with Crippen LogP contribution in [0.4, 0.5) is 0 Å². The summed E-state index contributed by atoms with van der Waals surface area (Å²) in [7, 11) is 0. The first-order valence-corrected chi connectivity index (χ1v) is 10.2. The fourth-order valence-corrected chi connectivity index (χ4v) is 3.78. The number of aliphatic carboxylic acids is 1. The van der Waals surface area contributed by atoms with E-state index >= 15 is 0 Å². The Morgan fingerprint density at radius 2 is 1.87 bits per heavy atom. The van der Waals surface area contributed by atoms with E-state index in [1.165, 1.54) is 0 Å². The van der Waals surface area contributed by atoms with Gasteiger partial charge in [0.15, 0.2) is 0 Å². The standard InChI is InChI=1S/C23H27NO6/c1-5-6-7-18(22(26)27)24-19(25)9-8-15-13(3)17-10-16-12(2)11-29-20(16)14(4)21(17)30-23(15)28/h10-11,18H,5-9H2,1-4H3,(H,24,25)(H,26,27). The van der Waals surface area contributed by atoms with E-state index in [0.717, 1.165) is 33.9 Å². The Morgan fingerprint density at radius 3 is 2.53 bits per heavy atom. The highest BCUT2D eigenvalue weighted by Gasteiger charge is 2.21. The molecule has 1 atom stereocenters. The first kappa shape index (κ1) is 21.6. The van der Waals surface area contributed by atoms with E-state index in [1.807, 2.05) is 33.8 Å². The maximum atomic E-state index is 12.6. The van der Waals surface area contributed by atoms with Crippen molar-refractivity contribution in [2.24, 2.45) is 0 Å². The van der Waals surface area contributed by atoms with Crippen LogP contribution in [0.15, 0.2) is 26.0 Å². The number of aryl methyl sites for hydroxylation is 3. The average Bonchev–Trinajstić information content (AvgIpc) is 3.07. The van der Waals surface area contributed by atoms with Crippen LogP contribution in [0, 0.1) is 20.8 Å². The number of nitrogens with one attached hydrogen (secondary N) is 1. The van der Waals surface area contributed by atoms with Gasteiger partial charge in [0, 0.05) is 28.3 Å². The summed E-state index contributed by atoms with van der Waals surface area (Å²) in [5.74, 6) is -1.44. The van der Waals surface area contributed by atoms with E-state index in [0.29, 0.717) is 29.6 Å². The fourth-order valence-electron chi connectivity index (χ4n) is 3.78. The number of rotatable bonds is 8. The number of amides is 1. The molecule has 3 rings (SSSR count). The highest BCUT2D eigenvalue weighted by atomic mass is 16.4. The van der Waals surface area contributed by atoms with Crippen molar-refractivity contribution in [2.75, 3.05) is 0 Å². The van der Waals surface area contributed by atoms with E-state index in [2.05, 4.69) is 5.32 Å². The van der Waals surface area contributed by atoms with Gasteiger partial charge in [-0.1, -0.05) is 19.8 Å². The Balaban J connectivity index is 1.86. The molecule has 7 nitrogen and oxygen atoms in total. The van der Waals surface area contributed by atoms with Gasteiger partial charge in [-0.2, -0.15) is 0 Å². The normalized spacial score (nSPS) is 12.4. The molecule has 0 aliphatic rings. The van der Waals surface area contributed by atoms with Gasteiger partial charge in [0.1, 0.15) is 17.2 Å². The molecule has 2 N–H and O–H groups in total. The molecule has 0 radical (unpaired) electrons. The number of carboxylic acids is 1. The fraction of sp³-hybridized carbons (Fsp3) is 0.435. The molecule has 3 aromatic rings. The lowest BCUT2D eigenvalue weighted by atomic mass is 9.98. The number of furan rings is 1.